The van der Waals surface area contributed by atoms with E-state index in [1.807, 2.05) is 6.07 Å². The molecular formula is C12H18N2O. The minimum atomic E-state index is -0.265. The molecular weight excluding hydrogens is 188 g/mol. The summed E-state index contributed by atoms with van der Waals surface area (Å²) in [4.78, 5) is 10.6. The molecule has 0 radical (unpaired) electrons. The summed E-state index contributed by atoms with van der Waals surface area (Å²) in [6, 6.07) is 8.58. The smallest absolute Gasteiger partial charge is 0.218 e. The van der Waals surface area contributed by atoms with Crippen LogP contribution in [0.2, 0.25) is 0 Å². The zero-order valence-corrected chi connectivity index (χ0v) is 9.29. The van der Waals surface area contributed by atoms with Gasteiger partial charge in [0, 0.05) is 19.0 Å². The van der Waals surface area contributed by atoms with Crippen LogP contribution in [-0.4, -0.2) is 12.5 Å². The highest BCUT2D eigenvalue weighted by atomic mass is 16.1. The molecule has 1 aromatic rings. The lowest BCUT2D eigenvalue weighted by atomic mass is 10.1. The average Bonchev–Trinajstić information content (AvgIpc) is 2.17. The molecule has 0 aliphatic heterocycles. The van der Waals surface area contributed by atoms with E-state index in [4.69, 9.17) is 5.73 Å². The predicted molar refractivity (Wildman–Crippen MR) is 61.4 cm³/mol. The van der Waals surface area contributed by atoms with E-state index >= 15 is 0 Å². The summed E-state index contributed by atoms with van der Waals surface area (Å²) >= 11 is 0. The molecule has 0 fully saturated rings. The SMILES string of the molecule is Cc1cccc([C@@H](C)NCCC(N)=O)c1. The molecule has 1 rings (SSSR count). The monoisotopic (exact) mass is 206 g/mol. The van der Waals surface area contributed by atoms with Gasteiger partial charge in [-0.3, -0.25) is 4.79 Å². The van der Waals surface area contributed by atoms with Crippen LogP contribution in [0.5, 0.6) is 0 Å². The highest BCUT2D eigenvalue weighted by Gasteiger charge is 2.04. The van der Waals surface area contributed by atoms with Gasteiger partial charge in [-0.05, 0) is 19.4 Å². The summed E-state index contributed by atoms with van der Waals surface area (Å²) in [5.41, 5.74) is 7.54. The molecule has 0 aliphatic rings. The molecule has 0 heterocycles. The van der Waals surface area contributed by atoms with E-state index in [0.717, 1.165) is 0 Å². The van der Waals surface area contributed by atoms with Crippen LogP contribution in [0.4, 0.5) is 0 Å². The molecule has 1 atom stereocenters. The predicted octanol–water partition coefficient (Wildman–Crippen LogP) is 1.52. The minimum Gasteiger partial charge on any atom is -0.370 e. The Bertz CT molecular complexity index is 336. The molecule has 3 N–H and O–H groups in total. The van der Waals surface area contributed by atoms with Crippen LogP contribution < -0.4 is 11.1 Å². The summed E-state index contributed by atoms with van der Waals surface area (Å²) in [6.07, 6.45) is 0.385. The minimum absolute atomic E-state index is 0.254. The van der Waals surface area contributed by atoms with E-state index in [2.05, 4.69) is 37.4 Å². The van der Waals surface area contributed by atoms with Crippen molar-refractivity contribution in [1.82, 2.24) is 5.32 Å². The highest BCUT2D eigenvalue weighted by molar-refractivity contribution is 5.73. The summed E-state index contributed by atoms with van der Waals surface area (Å²) in [5.74, 6) is -0.265. The number of carbonyl (C=O) groups is 1. The van der Waals surface area contributed by atoms with Crippen LogP contribution in [0.3, 0.4) is 0 Å². The third kappa shape index (κ3) is 4.13. The van der Waals surface area contributed by atoms with Gasteiger partial charge in [0.2, 0.25) is 5.91 Å². The van der Waals surface area contributed by atoms with Crippen LogP contribution in [0.25, 0.3) is 0 Å². The Morgan fingerprint density at radius 3 is 2.87 bits per heavy atom. The number of carbonyl (C=O) groups excluding carboxylic acids is 1. The second-order valence-electron chi connectivity index (χ2n) is 3.81. The molecule has 0 aliphatic carbocycles. The summed E-state index contributed by atoms with van der Waals surface area (Å²) in [5, 5.41) is 3.26. The van der Waals surface area contributed by atoms with Crippen LogP contribution in [0.1, 0.15) is 30.5 Å². The van der Waals surface area contributed by atoms with Gasteiger partial charge in [0.1, 0.15) is 0 Å². The van der Waals surface area contributed by atoms with Crippen molar-refractivity contribution in [3.05, 3.63) is 35.4 Å². The average molecular weight is 206 g/mol. The Hall–Kier alpha value is -1.35. The number of nitrogens with two attached hydrogens (primary N) is 1. The maximum absolute atomic E-state index is 10.6. The van der Waals surface area contributed by atoms with Crippen LogP contribution in [0, 0.1) is 6.92 Å². The molecule has 82 valence electrons. The van der Waals surface area contributed by atoms with E-state index in [1.165, 1.54) is 11.1 Å². The normalized spacial score (nSPS) is 12.4. The van der Waals surface area contributed by atoms with Crippen molar-refractivity contribution < 1.29 is 4.79 Å². The van der Waals surface area contributed by atoms with E-state index in [0.29, 0.717) is 13.0 Å². The molecule has 0 bridgehead atoms. The number of aryl methyl sites for hydroxylation is 1. The Balaban J connectivity index is 2.46. The fourth-order valence-electron chi connectivity index (χ4n) is 1.47. The fourth-order valence-corrected chi connectivity index (χ4v) is 1.47. The number of nitrogens with one attached hydrogen (secondary N) is 1. The van der Waals surface area contributed by atoms with Gasteiger partial charge in [-0.2, -0.15) is 0 Å². The van der Waals surface area contributed by atoms with Gasteiger partial charge in [-0.15, -0.1) is 0 Å². The Morgan fingerprint density at radius 1 is 1.53 bits per heavy atom. The fraction of sp³-hybridized carbons (Fsp3) is 0.417. The maximum atomic E-state index is 10.6. The summed E-state index contributed by atoms with van der Waals surface area (Å²) in [7, 11) is 0. The van der Waals surface area contributed by atoms with Crippen molar-refractivity contribution in [2.24, 2.45) is 5.73 Å². The molecule has 3 heteroatoms. The second kappa shape index (κ2) is 5.51. The second-order valence-corrected chi connectivity index (χ2v) is 3.81. The number of benzene rings is 1. The number of rotatable bonds is 5. The van der Waals surface area contributed by atoms with Crippen molar-refractivity contribution in [3.63, 3.8) is 0 Å². The van der Waals surface area contributed by atoms with Gasteiger partial charge in [-0.1, -0.05) is 29.8 Å². The third-order valence-corrected chi connectivity index (χ3v) is 2.36. The Kier molecular flexibility index (Phi) is 4.31. The van der Waals surface area contributed by atoms with Crippen molar-refractivity contribution >= 4 is 5.91 Å². The molecule has 1 amide bonds. The summed E-state index contributed by atoms with van der Waals surface area (Å²) in [6.45, 7) is 4.78. The number of hydrogen-bond donors (Lipinski definition) is 2. The third-order valence-electron chi connectivity index (χ3n) is 2.36. The Morgan fingerprint density at radius 2 is 2.27 bits per heavy atom. The van der Waals surface area contributed by atoms with Gasteiger partial charge in [0.05, 0.1) is 0 Å². The van der Waals surface area contributed by atoms with Gasteiger partial charge in [0.15, 0.2) is 0 Å². The Labute approximate surface area is 90.7 Å². The zero-order chi connectivity index (χ0) is 11.3. The molecule has 3 nitrogen and oxygen atoms in total. The molecule has 15 heavy (non-hydrogen) atoms. The lowest BCUT2D eigenvalue weighted by Crippen LogP contribution is -2.24. The van der Waals surface area contributed by atoms with E-state index in [9.17, 15) is 4.79 Å². The summed E-state index contributed by atoms with van der Waals surface area (Å²) < 4.78 is 0. The van der Waals surface area contributed by atoms with Crippen LogP contribution in [-0.2, 0) is 4.79 Å². The van der Waals surface area contributed by atoms with Gasteiger partial charge >= 0.3 is 0 Å². The molecule has 0 spiro atoms. The highest BCUT2D eigenvalue weighted by Crippen LogP contribution is 2.13. The van der Waals surface area contributed by atoms with E-state index in [-0.39, 0.29) is 11.9 Å². The van der Waals surface area contributed by atoms with Crippen molar-refractivity contribution in [1.29, 1.82) is 0 Å². The zero-order valence-electron chi connectivity index (χ0n) is 9.29. The largest absolute Gasteiger partial charge is 0.370 e. The van der Waals surface area contributed by atoms with Crippen LogP contribution >= 0.6 is 0 Å². The lowest BCUT2D eigenvalue weighted by Gasteiger charge is -2.14. The molecule has 0 saturated heterocycles. The van der Waals surface area contributed by atoms with Crippen LogP contribution in [0.15, 0.2) is 24.3 Å². The molecule has 0 unspecified atom stereocenters. The van der Waals surface area contributed by atoms with Gasteiger partial charge < -0.3 is 11.1 Å². The number of hydrogen-bond acceptors (Lipinski definition) is 2. The first kappa shape index (κ1) is 11.7. The van der Waals surface area contributed by atoms with Crippen molar-refractivity contribution in [2.45, 2.75) is 26.3 Å². The van der Waals surface area contributed by atoms with Gasteiger partial charge in [0.25, 0.3) is 0 Å². The van der Waals surface area contributed by atoms with Gasteiger partial charge in [-0.25, -0.2) is 0 Å². The van der Waals surface area contributed by atoms with Crippen molar-refractivity contribution in [2.75, 3.05) is 6.54 Å². The van der Waals surface area contributed by atoms with E-state index < -0.39 is 0 Å². The first-order valence-corrected chi connectivity index (χ1v) is 5.18. The molecule has 0 saturated carbocycles. The quantitative estimate of drug-likeness (QED) is 0.767. The standard InChI is InChI=1S/C12H18N2O/c1-9-4-3-5-11(8-9)10(2)14-7-6-12(13)15/h3-5,8,10,14H,6-7H2,1-2H3,(H2,13,15)/t10-/m1/s1. The molecule has 0 aromatic heterocycles. The lowest BCUT2D eigenvalue weighted by molar-refractivity contribution is -0.117. The first-order valence-electron chi connectivity index (χ1n) is 5.18. The van der Waals surface area contributed by atoms with Crippen molar-refractivity contribution in [3.8, 4) is 0 Å². The number of amides is 1. The topological polar surface area (TPSA) is 55.1 Å². The maximum Gasteiger partial charge on any atom is 0.218 e. The van der Waals surface area contributed by atoms with E-state index in [1.54, 1.807) is 0 Å². The first-order chi connectivity index (χ1) is 7.09. The number of primary amides is 1. The molecule has 1 aromatic carbocycles.